The van der Waals surface area contributed by atoms with E-state index in [1.165, 1.54) is 11.0 Å². The Morgan fingerprint density at radius 1 is 1.29 bits per heavy atom. The molecule has 0 atom stereocenters. The van der Waals surface area contributed by atoms with Crippen molar-refractivity contribution in [2.75, 3.05) is 23.4 Å². The van der Waals surface area contributed by atoms with Crippen LogP contribution in [0.25, 0.3) is 0 Å². The van der Waals surface area contributed by atoms with Gasteiger partial charge in [-0.15, -0.1) is 0 Å². The summed E-state index contributed by atoms with van der Waals surface area (Å²) in [5.74, 6) is -0.228. The van der Waals surface area contributed by atoms with Gasteiger partial charge in [-0.2, -0.15) is 0 Å². The zero-order valence-electron chi connectivity index (χ0n) is 13.8. The van der Waals surface area contributed by atoms with E-state index in [2.05, 4.69) is 11.6 Å². The fourth-order valence-electron chi connectivity index (χ4n) is 2.83. The number of anilines is 2. The highest BCUT2D eigenvalue weighted by molar-refractivity contribution is 6.08. The zero-order valence-corrected chi connectivity index (χ0v) is 13.8. The summed E-state index contributed by atoms with van der Waals surface area (Å²) in [5.41, 5.74) is 4.25. The molecule has 0 aliphatic carbocycles. The Balaban J connectivity index is 1.83. The Bertz CT molecular complexity index is 812. The average Bonchev–Trinajstić information content (AvgIpc) is 3.02. The molecular weight excluding hydrogens is 302 g/mol. The topological polar surface area (TPSA) is 53.5 Å². The Labute approximate surface area is 141 Å². The maximum absolute atomic E-state index is 12.8. The van der Waals surface area contributed by atoms with E-state index in [0.717, 1.165) is 29.1 Å². The number of likely N-dealkylation sites (N-methyl/N-ethyl adjacent to an activating group) is 1. The van der Waals surface area contributed by atoms with Crippen molar-refractivity contribution in [3.05, 3.63) is 66.0 Å². The number of fused-ring (bicyclic) bond motifs is 1. The van der Waals surface area contributed by atoms with Crippen LogP contribution in [0.15, 0.2) is 49.2 Å². The van der Waals surface area contributed by atoms with Gasteiger partial charge in [-0.05, 0) is 55.3 Å². The lowest BCUT2D eigenvalue weighted by Crippen LogP contribution is -2.29. The number of carbonyl (C=O) groups is 2. The molecule has 5 nitrogen and oxygen atoms in total. The third kappa shape index (κ3) is 2.80. The van der Waals surface area contributed by atoms with Gasteiger partial charge in [-0.1, -0.05) is 6.58 Å². The summed E-state index contributed by atoms with van der Waals surface area (Å²) < 4.78 is 0. The molecule has 0 bridgehead atoms. The van der Waals surface area contributed by atoms with Crippen molar-refractivity contribution in [3.8, 4) is 0 Å². The molecule has 2 amide bonds. The third-order valence-electron chi connectivity index (χ3n) is 4.25. The van der Waals surface area contributed by atoms with Crippen molar-refractivity contribution in [2.24, 2.45) is 0 Å². The summed E-state index contributed by atoms with van der Waals surface area (Å²) >= 11 is 0. The molecule has 24 heavy (non-hydrogen) atoms. The van der Waals surface area contributed by atoms with E-state index in [0.29, 0.717) is 12.1 Å². The molecule has 0 saturated heterocycles. The first kappa shape index (κ1) is 15.9. The van der Waals surface area contributed by atoms with Crippen molar-refractivity contribution in [3.63, 3.8) is 0 Å². The first-order valence-corrected chi connectivity index (χ1v) is 7.79. The molecule has 5 heteroatoms. The van der Waals surface area contributed by atoms with E-state index in [1.807, 2.05) is 19.2 Å². The number of benzene rings is 1. The Morgan fingerprint density at radius 3 is 2.67 bits per heavy atom. The van der Waals surface area contributed by atoms with Gasteiger partial charge >= 0.3 is 0 Å². The fourth-order valence-corrected chi connectivity index (χ4v) is 2.83. The highest BCUT2D eigenvalue weighted by atomic mass is 16.2. The number of amides is 2. The normalized spacial score (nSPS) is 12.7. The molecule has 1 aromatic carbocycles. The number of pyridine rings is 1. The lowest BCUT2D eigenvalue weighted by Gasteiger charge is -2.19. The minimum Gasteiger partial charge on any atom is -0.312 e. The predicted octanol–water partition coefficient (Wildman–Crippen LogP) is 2.74. The van der Waals surface area contributed by atoms with Gasteiger partial charge in [-0.25, -0.2) is 0 Å². The molecule has 0 fully saturated rings. The van der Waals surface area contributed by atoms with Gasteiger partial charge in [0, 0.05) is 36.7 Å². The zero-order chi connectivity index (χ0) is 17.3. The summed E-state index contributed by atoms with van der Waals surface area (Å²) in [6.07, 6.45) is 3.93. The van der Waals surface area contributed by atoms with Crippen LogP contribution in [0.3, 0.4) is 0 Å². The molecule has 0 unspecified atom stereocenters. The van der Waals surface area contributed by atoms with Crippen molar-refractivity contribution in [1.82, 2.24) is 4.98 Å². The van der Waals surface area contributed by atoms with Crippen molar-refractivity contribution in [2.45, 2.75) is 13.3 Å². The smallest absolute Gasteiger partial charge is 0.258 e. The number of aromatic nitrogens is 1. The first-order valence-electron chi connectivity index (χ1n) is 7.79. The SMILES string of the molecule is C=CC(=O)N(C)c1ccc(C(=O)N2CCc3cnc(C)cc32)cc1. The van der Waals surface area contributed by atoms with Gasteiger partial charge < -0.3 is 9.80 Å². The molecule has 0 spiro atoms. The number of carbonyl (C=O) groups excluding carboxylic acids is 2. The van der Waals surface area contributed by atoms with Crippen LogP contribution < -0.4 is 9.80 Å². The molecule has 2 aromatic rings. The maximum Gasteiger partial charge on any atom is 0.258 e. The Kier molecular flexibility index (Phi) is 4.16. The number of rotatable bonds is 3. The molecule has 0 radical (unpaired) electrons. The number of hydrogen-bond acceptors (Lipinski definition) is 3. The standard InChI is InChI=1S/C19H19N3O2/c1-4-18(23)21(3)16-7-5-14(6-8-16)19(24)22-10-9-15-12-20-13(2)11-17(15)22/h4-8,11-12H,1,9-10H2,2-3H3. The lowest BCUT2D eigenvalue weighted by molar-refractivity contribution is -0.113. The van der Waals surface area contributed by atoms with Gasteiger partial charge in [-0.3, -0.25) is 14.6 Å². The van der Waals surface area contributed by atoms with E-state index in [9.17, 15) is 9.59 Å². The van der Waals surface area contributed by atoms with Crippen LogP contribution in [0.5, 0.6) is 0 Å². The minimum absolute atomic E-state index is 0.0383. The van der Waals surface area contributed by atoms with Crippen LogP contribution in [-0.2, 0) is 11.2 Å². The molecule has 1 aliphatic heterocycles. The van der Waals surface area contributed by atoms with E-state index in [1.54, 1.807) is 36.2 Å². The van der Waals surface area contributed by atoms with Crippen LogP contribution >= 0.6 is 0 Å². The lowest BCUT2D eigenvalue weighted by atomic mass is 10.1. The van der Waals surface area contributed by atoms with E-state index in [4.69, 9.17) is 0 Å². The molecule has 0 N–H and O–H groups in total. The molecule has 1 aromatic heterocycles. The van der Waals surface area contributed by atoms with Gasteiger partial charge in [0.1, 0.15) is 0 Å². The monoisotopic (exact) mass is 321 g/mol. The summed E-state index contributed by atoms with van der Waals surface area (Å²) in [5, 5.41) is 0. The minimum atomic E-state index is -0.189. The van der Waals surface area contributed by atoms with E-state index in [-0.39, 0.29) is 11.8 Å². The second-order valence-electron chi connectivity index (χ2n) is 5.81. The third-order valence-corrected chi connectivity index (χ3v) is 4.25. The second kappa shape index (κ2) is 6.28. The van der Waals surface area contributed by atoms with Crippen LogP contribution in [0, 0.1) is 6.92 Å². The molecule has 122 valence electrons. The molecule has 1 aliphatic rings. The molecule has 0 saturated carbocycles. The number of nitrogens with zero attached hydrogens (tertiary/aromatic N) is 3. The Hall–Kier alpha value is -2.95. The Morgan fingerprint density at radius 2 is 2.00 bits per heavy atom. The highest BCUT2D eigenvalue weighted by Crippen LogP contribution is 2.29. The summed E-state index contributed by atoms with van der Waals surface area (Å²) in [4.78, 5) is 32.0. The quantitative estimate of drug-likeness (QED) is 0.817. The fraction of sp³-hybridized carbons (Fsp3) is 0.211. The first-order chi connectivity index (χ1) is 11.5. The highest BCUT2D eigenvalue weighted by Gasteiger charge is 2.26. The average molecular weight is 321 g/mol. The van der Waals surface area contributed by atoms with E-state index < -0.39 is 0 Å². The van der Waals surface area contributed by atoms with Crippen LogP contribution in [0.2, 0.25) is 0 Å². The number of aryl methyl sites for hydroxylation is 1. The summed E-state index contributed by atoms with van der Waals surface area (Å²) in [7, 11) is 1.67. The largest absolute Gasteiger partial charge is 0.312 e. The summed E-state index contributed by atoms with van der Waals surface area (Å²) in [6.45, 7) is 6.06. The van der Waals surface area contributed by atoms with Crippen molar-refractivity contribution < 1.29 is 9.59 Å². The van der Waals surface area contributed by atoms with Crippen LogP contribution in [-0.4, -0.2) is 30.4 Å². The summed E-state index contributed by atoms with van der Waals surface area (Å²) in [6, 6.07) is 8.98. The number of hydrogen-bond donors (Lipinski definition) is 0. The van der Waals surface area contributed by atoms with Crippen molar-refractivity contribution in [1.29, 1.82) is 0 Å². The molecule has 2 heterocycles. The predicted molar refractivity (Wildman–Crippen MR) is 94.4 cm³/mol. The van der Waals surface area contributed by atoms with Crippen molar-refractivity contribution >= 4 is 23.2 Å². The second-order valence-corrected chi connectivity index (χ2v) is 5.81. The molecular formula is C19H19N3O2. The maximum atomic E-state index is 12.8. The molecule has 3 rings (SSSR count). The van der Waals surface area contributed by atoms with Gasteiger partial charge in [0.2, 0.25) is 5.91 Å². The van der Waals surface area contributed by atoms with Crippen LogP contribution in [0.4, 0.5) is 11.4 Å². The van der Waals surface area contributed by atoms with Gasteiger partial charge in [0.15, 0.2) is 0 Å². The van der Waals surface area contributed by atoms with Gasteiger partial charge in [0.25, 0.3) is 5.91 Å². The van der Waals surface area contributed by atoms with E-state index >= 15 is 0 Å². The van der Waals surface area contributed by atoms with Gasteiger partial charge in [0.05, 0.1) is 5.69 Å². The van der Waals surface area contributed by atoms with Crippen LogP contribution in [0.1, 0.15) is 21.6 Å².